The summed E-state index contributed by atoms with van der Waals surface area (Å²) in [4.78, 5) is 8.75. The van der Waals surface area contributed by atoms with E-state index in [1.165, 1.54) is 0 Å². The van der Waals surface area contributed by atoms with E-state index in [0.717, 1.165) is 36.8 Å². The third-order valence-corrected chi connectivity index (χ3v) is 3.38. The Morgan fingerprint density at radius 1 is 1.27 bits per heavy atom. The monoisotopic (exact) mass is 474 g/mol. The predicted molar refractivity (Wildman–Crippen MR) is 112 cm³/mol. The first kappa shape index (κ1) is 22.2. The number of hydrogen-bond donors (Lipinski definition) is 2. The zero-order valence-corrected chi connectivity index (χ0v) is 17.6. The molecule has 0 aliphatic rings. The van der Waals surface area contributed by atoms with Crippen LogP contribution in [0.5, 0.6) is 5.88 Å². The van der Waals surface area contributed by atoms with E-state index >= 15 is 0 Å². The topological polar surface area (TPSA) is 80.9 Å². The first-order valence-electron chi connectivity index (χ1n) is 8.43. The van der Waals surface area contributed by atoms with Crippen molar-refractivity contribution in [2.45, 2.75) is 26.5 Å². The summed E-state index contributed by atoms with van der Waals surface area (Å²) in [6.45, 7) is 5.26. The quantitative estimate of drug-likeness (QED) is 0.239. The fourth-order valence-corrected chi connectivity index (χ4v) is 2.18. The number of guanidine groups is 1. The molecule has 2 heterocycles. The van der Waals surface area contributed by atoms with Crippen LogP contribution in [0.1, 0.15) is 24.7 Å². The molecule has 0 unspecified atom stereocenters. The highest BCUT2D eigenvalue weighted by molar-refractivity contribution is 14.0. The van der Waals surface area contributed by atoms with Crippen molar-refractivity contribution in [3.8, 4) is 5.88 Å². The Morgan fingerprint density at radius 2 is 2.15 bits per heavy atom. The molecule has 0 fully saturated rings. The molecule has 0 bridgehead atoms. The van der Waals surface area contributed by atoms with Gasteiger partial charge in [0.05, 0.1) is 19.9 Å². The summed E-state index contributed by atoms with van der Waals surface area (Å²) in [5.74, 6) is 2.21. The minimum Gasteiger partial charge on any atom is -0.481 e. The lowest BCUT2D eigenvalue weighted by atomic mass is 10.3. The van der Waals surface area contributed by atoms with E-state index in [0.29, 0.717) is 25.6 Å². The molecule has 2 aromatic heterocycles. The van der Waals surface area contributed by atoms with Crippen LogP contribution in [-0.4, -0.2) is 37.7 Å². The van der Waals surface area contributed by atoms with Gasteiger partial charge in [-0.2, -0.15) is 0 Å². The first-order chi connectivity index (χ1) is 12.3. The average Bonchev–Trinajstić information content (AvgIpc) is 3.16. The number of rotatable bonds is 10. The second kappa shape index (κ2) is 13.4. The Balaban J connectivity index is 0.00000338. The van der Waals surface area contributed by atoms with Crippen LogP contribution in [0.25, 0.3) is 0 Å². The minimum atomic E-state index is 0. The van der Waals surface area contributed by atoms with E-state index in [4.69, 9.17) is 13.9 Å². The normalized spacial score (nSPS) is 10.9. The summed E-state index contributed by atoms with van der Waals surface area (Å²) in [5.41, 5.74) is 0.948. The molecule has 8 heteroatoms. The number of furan rings is 1. The molecule has 0 saturated heterocycles. The molecule has 2 aromatic rings. The number of nitrogens with zero attached hydrogens (tertiary/aromatic N) is 2. The summed E-state index contributed by atoms with van der Waals surface area (Å²) >= 11 is 0. The third kappa shape index (κ3) is 8.05. The molecular weight excluding hydrogens is 447 g/mol. The SMILES string of the molecule is CCNC(=NCc1cccnc1OC)NCCCOCc1ccco1.I. The lowest BCUT2D eigenvalue weighted by Crippen LogP contribution is -2.38. The maximum absolute atomic E-state index is 5.56. The van der Waals surface area contributed by atoms with Gasteiger partial charge < -0.3 is 24.5 Å². The van der Waals surface area contributed by atoms with E-state index < -0.39 is 0 Å². The van der Waals surface area contributed by atoms with Crippen LogP contribution in [0.4, 0.5) is 0 Å². The van der Waals surface area contributed by atoms with Crippen molar-refractivity contribution in [2.75, 3.05) is 26.8 Å². The molecule has 0 saturated carbocycles. The number of hydrogen-bond acceptors (Lipinski definition) is 5. The van der Waals surface area contributed by atoms with Crippen LogP contribution in [0.15, 0.2) is 46.1 Å². The van der Waals surface area contributed by atoms with Gasteiger partial charge in [0, 0.05) is 31.5 Å². The minimum absolute atomic E-state index is 0. The highest BCUT2D eigenvalue weighted by Crippen LogP contribution is 2.14. The Morgan fingerprint density at radius 3 is 2.88 bits per heavy atom. The zero-order chi connectivity index (χ0) is 17.7. The summed E-state index contributed by atoms with van der Waals surface area (Å²) < 4.78 is 16.0. The van der Waals surface area contributed by atoms with Gasteiger partial charge >= 0.3 is 0 Å². The molecule has 0 spiro atoms. The molecule has 2 rings (SSSR count). The second-order valence-corrected chi connectivity index (χ2v) is 5.28. The first-order valence-corrected chi connectivity index (χ1v) is 8.43. The number of methoxy groups -OCH3 is 1. The number of nitrogens with one attached hydrogen (secondary N) is 2. The van der Waals surface area contributed by atoms with Crippen LogP contribution in [0.2, 0.25) is 0 Å². The summed E-state index contributed by atoms with van der Waals surface area (Å²) in [6.07, 6.45) is 4.23. The third-order valence-electron chi connectivity index (χ3n) is 3.38. The van der Waals surface area contributed by atoms with Gasteiger partial charge in [-0.3, -0.25) is 0 Å². The van der Waals surface area contributed by atoms with Crippen LogP contribution in [-0.2, 0) is 17.9 Å². The van der Waals surface area contributed by atoms with Gasteiger partial charge in [0.1, 0.15) is 12.4 Å². The van der Waals surface area contributed by atoms with Crippen molar-refractivity contribution in [3.63, 3.8) is 0 Å². The van der Waals surface area contributed by atoms with Crippen molar-refractivity contribution in [1.29, 1.82) is 0 Å². The molecule has 0 aliphatic heterocycles. The fourth-order valence-electron chi connectivity index (χ4n) is 2.18. The lowest BCUT2D eigenvalue weighted by Gasteiger charge is -2.12. The van der Waals surface area contributed by atoms with Gasteiger partial charge in [0.2, 0.25) is 5.88 Å². The average molecular weight is 474 g/mol. The van der Waals surface area contributed by atoms with Gasteiger partial charge in [0.25, 0.3) is 0 Å². The van der Waals surface area contributed by atoms with Crippen molar-refractivity contribution >= 4 is 29.9 Å². The molecule has 0 amide bonds. The Hall–Kier alpha value is -1.81. The highest BCUT2D eigenvalue weighted by atomic mass is 127. The standard InChI is InChI=1S/C18H26N4O3.HI/c1-3-19-18(22-13-15-7-4-9-20-17(15)23-2)21-10-6-11-24-14-16-8-5-12-25-16;/h4-5,7-9,12H,3,6,10-11,13-14H2,1-2H3,(H2,19,21,22);1H. The summed E-state index contributed by atoms with van der Waals surface area (Å²) in [7, 11) is 1.61. The van der Waals surface area contributed by atoms with Gasteiger partial charge in [-0.25, -0.2) is 9.98 Å². The van der Waals surface area contributed by atoms with E-state index in [2.05, 4.69) is 20.6 Å². The van der Waals surface area contributed by atoms with Crippen LogP contribution in [0.3, 0.4) is 0 Å². The maximum Gasteiger partial charge on any atom is 0.218 e. The largest absolute Gasteiger partial charge is 0.481 e. The van der Waals surface area contributed by atoms with E-state index in [-0.39, 0.29) is 24.0 Å². The van der Waals surface area contributed by atoms with Crippen molar-refractivity contribution in [2.24, 2.45) is 4.99 Å². The summed E-state index contributed by atoms with van der Waals surface area (Å²) in [6, 6.07) is 7.60. The Kier molecular flexibility index (Phi) is 11.5. The predicted octanol–water partition coefficient (Wildman–Crippen LogP) is 2.96. The fraction of sp³-hybridized carbons (Fsp3) is 0.444. The Labute approximate surface area is 171 Å². The lowest BCUT2D eigenvalue weighted by molar-refractivity contribution is 0.105. The van der Waals surface area contributed by atoms with Crippen LogP contribution < -0.4 is 15.4 Å². The molecule has 0 aliphatic carbocycles. The molecule has 26 heavy (non-hydrogen) atoms. The molecular formula is C18H27IN4O3. The van der Waals surface area contributed by atoms with Crippen LogP contribution in [0, 0.1) is 0 Å². The maximum atomic E-state index is 5.56. The van der Waals surface area contributed by atoms with Gasteiger partial charge in [-0.1, -0.05) is 6.07 Å². The van der Waals surface area contributed by atoms with E-state index in [1.54, 1.807) is 19.6 Å². The van der Waals surface area contributed by atoms with E-state index in [1.807, 2.05) is 31.2 Å². The molecule has 0 atom stereocenters. The number of pyridine rings is 1. The van der Waals surface area contributed by atoms with Crippen molar-refractivity contribution in [1.82, 2.24) is 15.6 Å². The zero-order valence-electron chi connectivity index (χ0n) is 15.2. The smallest absolute Gasteiger partial charge is 0.218 e. The van der Waals surface area contributed by atoms with Gasteiger partial charge in [0.15, 0.2) is 5.96 Å². The molecule has 7 nitrogen and oxygen atoms in total. The number of aliphatic imine (C=N–C) groups is 1. The Bertz CT molecular complexity index is 635. The molecule has 2 N–H and O–H groups in total. The van der Waals surface area contributed by atoms with Gasteiger partial charge in [-0.05, 0) is 31.5 Å². The second-order valence-electron chi connectivity index (χ2n) is 5.28. The number of aromatic nitrogens is 1. The number of halogens is 1. The van der Waals surface area contributed by atoms with Crippen molar-refractivity contribution in [3.05, 3.63) is 48.0 Å². The van der Waals surface area contributed by atoms with Crippen LogP contribution >= 0.6 is 24.0 Å². The van der Waals surface area contributed by atoms with E-state index in [9.17, 15) is 0 Å². The molecule has 144 valence electrons. The van der Waals surface area contributed by atoms with Crippen molar-refractivity contribution < 1.29 is 13.9 Å². The van der Waals surface area contributed by atoms with Gasteiger partial charge in [-0.15, -0.1) is 24.0 Å². The molecule has 0 aromatic carbocycles. The summed E-state index contributed by atoms with van der Waals surface area (Å²) in [5, 5.41) is 6.52. The highest BCUT2D eigenvalue weighted by Gasteiger charge is 2.03. The number of ether oxygens (including phenoxy) is 2. The molecule has 0 radical (unpaired) electrons.